The van der Waals surface area contributed by atoms with E-state index in [1.807, 2.05) is 24.3 Å². The molecule has 1 aliphatic heterocycles. The Morgan fingerprint density at radius 2 is 1.60 bits per heavy atom. The van der Waals surface area contributed by atoms with E-state index in [0.717, 1.165) is 37.8 Å². The van der Waals surface area contributed by atoms with E-state index in [1.165, 1.54) is 24.0 Å². The van der Waals surface area contributed by atoms with Crippen LogP contribution in [0.2, 0.25) is 0 Å². The summed E-state index contributed by atoms with van der Waals surface area (Å²) < 4.78 is 6.02. The van der Waals surface area contributed by atoms with Crippen molar-refractivity contribution in [3.05, 3.63) is 65.7 Å². The van der Waals surface area contributed by atoms with E-state index in [0.29, 0.717) is 6.61 Å². The van der Waals surface area contributed by atoms with E-state index < -0.39 is 0 Å². The van der Waals surface area contributed by atoms with Crippen molar-refractivity contribution < 1.29 is 29.6 Å². The largest absolute Gasteiger partial charge is 1.00 e. The van der Waals surface area contributed by atoms with Gasteiger partial charge in [0.05, 0.1) is 0 Å². The highest BCUT2D eigenvalue weighted by Crippen LogP contribution is 2.19. The maximum absolute atomic E-state index is 6.02. The fourth-order valence-electron chi connectivity index (χ4n) is 3.02. The van der Waals surface area contributed by atoms with Crippen molar-refractivity contribution in [2.45, 2.75) is 26.0 Å². The molecule has 1 heterocycles. The predicted octanol–water partition coefficient (Wildman–Crippen LogP) is -2.64. The molecule has 0 amide bonds. The standard InChI is InChI=1S/C20H26N2O.2ClH/c1-2-6-18(7-3-1)16-23-20-9-5-4-8-19(20)15-22-14-17-10-12-21-13-11-17;;/h1-9,17,21-22H,10-16H2;2*1H/p-2. The van der Waals surface area contributed by atoms with Crippen molar-refractivity contribution >= 4 is 0 Å². The second kappa shape index (κ2) is 12.2. The number of benzene rings is 2. The van der Waals surface area contributed by atoms with Gasteiger partial charge in [-0.15, -0.1) is 0 Å². The van der Waals surface area contributed by atoms with Gasteiger partial charge in [0.25, 0.3) is 0 Å². The summed E-state index contributed by atoms with van der Waals surface area (Å²) in [6.45, 7) is 4.89. The molecule has 2 aromatic rings. The molecule has 138 valence electrons. The third-order valence-electron chi connectivity index (χ3n) is 4.42. The highest BCUT2D eigenvalue weighted by atomic mass is 35.5. The zero-order valence-corrected chi connectivity index (χ0v) is 15.9. The molecule has 3 rings (SSSR count). The number of nitrogens with one attached hydrogen (secondary N) is 2. The van der Waals surface area contributed by atoms with E-state index in [-0.39, 0.29) is 24.8 Å². The van der Waals surface area contributed by atoms with E-state index in [2.05, 4.69) is 41.0 Å². The molecule has 0 radical (unpaired) electrons. The highest BCUT2D eigenvalue weighted by molar-refractivity contribution is 5.33. The Balaban J connectivity index is 0.00000156. The fourth-order valence-corrected chi connectivity index (χ4v) is 3.02. The lowest BCUT2D eigenvalue weighted by Crippen LogP contribution is -3.00. The van der Waals surface area contributed by atoms with E-state index in [1.54, 1.807) is 0 Å². The van der Waals surface area contributed by atoms with Crippen molar-refractivity contribution in [3.8, 4) is 5.75 Å². The summed E-state index contributed by atoms with van der Waals surface area (Å²) in [4.78, 5) is 0. The average molecular weight is 381 g/mol. The Morgan fingerprint density at radius 3 is 2.36 bits per heavy atom. The summed E-state index contributed by atoms with van der Waals surface area (Å²) in [5, 5.41) is 7.02. The Kier molecular flexibility index (Phi) is 10.6. The van der Waals surface area contributed by atoms with Crippen molar-refractivity contribution in [3.63, 3.8) is 0 Å². The summed E-state index contributed by atoms with van der Waals surface area (Å²) in [6, 6.07) is 18.6. The van der Waals surface area contributed by atoms with Crippen molar-refractivity contribution in [2.24, 2.45) is 5.92 Å². The first kappa shape index (κ1) is 21.8. The Morgan fingerprint density at radius 1 is 0.920 bits per heavy atom. The van der Waals surface area contributed by atoms with Gasteiger partial charge < -0.3 is 40.2 Å². The van der Waals surface area contributed by atoms with Gasteiger partial charge in [0.2, 0.25) is 0 Å². The number of halogens is 2. The molecule has 1 aliphatic rings. The van der Waals surface area contributed by atoms with Gasteiger partial charge in [-0.05, 0) is 50.0 Å². The van der Waals surface area contributed by atoms with Gasteiger partial charge in [0, 0.05) is 12.1 Å². The molecule has 2 N–H and O–H groups in total. The van der Waals surface area contributed by atoms with Crippen LogP contribution in [-0.4, -0.2) is 19.6 Å². The lowest BCUT2D eigenvalue weighted by molar-refractivity contribution is -0.001000. The SMILES string of the molecule is [Cl-].[Cl-].c1ccc(COc2ccccc2CNCC2CCNCC2)cc1. The van der Waals surface area contributed by atoms with Gasteiger partial charge in [-0.3, -0.25) is 0 Å². The number of piperidine rings is 1. The monoisotopic (exact) mass is 380 g/mol. The predicted molar refractivity (Wildman–Crippen MR) is 94.5 cm³/mol. The second-order valence-corrected chi connectivity index (χ2v) is 6.21. The molecule has 5 heteroatoms. The number of ether oxygens (including phenoxy) is 1. The first-order valence-electron chi connectivity index (χ1n) is 8.58. The maximum atomic E-state index is 6.02. The zero-order valence-electron chi connectivity index (χ0n) is 14.4. The van der Waals surface area contributed by atoms with Gasteiger partial charge in [-0.2, -0.15) is 0 Å². The van der Waals surface area contributed by atoms with E-state index in [9.17, 15) is 0 Å². The summed E-state index contributed by atoms with van der Waals surface area (Å²) in [5.41, 5.74) is 2.43. The first-order valence-corrected chi connectivity index (χ1v) is 8.58. The minimum Gasteiger partial charge on any atom is -1.00 e. The number of hydrogen-bond acceptors (Lipinski definition) is 3. The third-order valence-corrected chi connectivity index (χ3v) is 4.42. The van der Waals surface area contributed by atoms with Crippen LogP contribution in [0.1, 0.15) is 24.0 Å². The second-order valence-electron chi connectivity index (χ2n) is 6.21. The van der Waals surface area contributed by atoms with Crippen LogP contribution in [0.15, 0.2) is 54.6 Å². The lowest BCUT2D eigenvalue weighted by atomic mass is 9.98. The summed E-state index contributed by atoms with van der Waals surface area (Å²) in [7, 11) is 0. The first-order chi connectivity index (χ1) is 11.4. The van der Waals surface area contributed by atoms with Crippen LogP contribution in [0.5, 0.6) is 5.75 Å². The number of rotatable bonds is 7. The topological polar surface area (TPSA) is 33.3 Å². The van der Waals surface area contributed by atoms with Gasteiger partial charge in [-0.1, -0.05) is 48.5 Å². The van der Waals surface area contributed by atoms with Gasteiger partial charge in [-0.25, -0.2) is 0 Å². The molecule has 0 aromatic heterocycles. The zero-order chi connectivity index (χ0) is 15.7. The van der Waals surface area contributed by atoms with Crippen LogP contribution in [0.25, 0.3) is 0 Å². The molecule has 0 unspecified atom stereocenters. The summed E-state index contributed by atoms with van der Waals surface area (Å²) >= 11 is 0. The quantitative estimate of drug-likeness (QED) is 0.551. The van der Waals surface area contributed by atoms with Crippen LogP contribution in [-0.2, 0) is 13.2 Å². The van der Waals surface area contributed by atoms with E-state index >= 15 is 0 Å². The molecule has 0 bridgehead atoms. The van der Waals surface area contributed by atoms with E-state index in [4.69, 9.17) is 4.74 Å². The van der Waals surface area contributed by atoms with Crippen molar-refractivity contribution in [2.75, 3.05) is 19.6 Å². The number of hydrogen-bond donors (Lipinski definition) is 2. The molecular weight excluding hydrogens is 355 g/mol. The molecular formula is C20H26Cl2N2O-2. The molecule has 0 saturated carbocycles. The Bertz CT molecular complexity index is 589. The fraction of sp³-hybridized carbons (Fsp3) is 0.400. The number of para-hydroxylation sites is 1. The lowest BCUT2D eigenvalue weighted by Gasteiger charge is -2.23. The normalized spacial score (nSPS) is 14.2. The van der Waals surface area contributed by atoms with Crippen molar-refractivity contribution in [1.82, 2.24) is 10.6 Å². The Labute approximate surface area is 163 Å². The van der Waals surface area contributed by atoms with Crippen LogP contribution >= 0.6 is 0 Å². The third kappa shape index (κ3) is 7.25. The van der Waals surface area contributed by atoms with Crippen LogP contribution in [0.3, 0.4) is 0 Å². The smallest absolute Gasteiger partial charge is 0.124 e. The van der Waals surface area contributed by atoms with Crippen molar-refractivity contribution in [1.29, 1.82) is 0 Å². The van der Waals surface area contributed by atoms with Crippen LogP contribution in [0.4, 0.5) is 0 Å². The van der Waals surface area contributed by atoms with Crippen LogP contribution < -0.4 is 40.2 Å². The molecule has 1 fully saturated rings. The molecule has 0 aliphatic carbocycles. The van der Waals surface area contributed by atoms with Crippen LogP contribution in [0, 0.1) is 5.92 Å². The molecule has 3 nitrogen and oxygen atoms in total. The average Bonchev–Trinajstić information content (AvgIpc) is 2.63. The van der Waals surface area contributed by atoms with Gasteiger partial charge in [0.1, 0.15) is 12.4 Å². The maximum Gasteiger partial charge on any atom is 0.124 e. The van der Waals surface area contributed by atoms with Gasteiger partial charge in [0.15, 0.2) is 0 Å². The summed E-state index contributed by atoms with van der Waals surface area (Å²) in [5.74, 6) is 1.78. The molecule has 1 saturated heterocycles. The molecule has 25 heavy (non-hydrogen) atoms. The summed E-state index contributed by atoms with van der Waals surface area (Å²) in [6.07, 6.45) is 2.55. The minimum absolute atomic E-state index is 0. The minimum atomic E-state index is 0. The Hall–Kier alpha value is -1.26. The highest BCUT2D eigenvalue weighted by Gasteiger charge is 2.12. The molecule has 0 atom stereocenters. The molecule has 2 aromatic carbocycles. The molecule has 0 spiro atoms. The van der Waals surface area contributed by atoms with Gasteiger partial charge >= 0.3 is 0 Å².